The largest absolute Gasteiger partial charge is 0.484 e. The van der Waals surface area contributed by atoms with Crippen LogP contribution in [0.4, 0.5) is 5.69 Å². The van der Waals surface area contributed by atoms with Crippen LogP contribution in [-0.2, 0) is 4.79 Å². The van der Waals surface area contributed by atoms with Crippen LogP contribution in [0.3, 0.4) is 0 Å². The van der Waals surface area contributed by atoms with Crippen molar-refractivity contribution in [2.75, 3.05) is 38.7 Å². The summed E-state index contributed by atoms with van der Waals surface area (Å²) in [5, 5.41) is 3.09. The highest BCUT2D eigenvalue weighted by atomic mass is 16.5. The number of carbonyl (C=O) groups excluding carboxylic acids is 2. The molecule has 1 fully saturated rings. The van der Waals surface area contributed by atoms with E-state index in [1.807, 2.05) is 80.2 Å². The second kappa shape index (κ2) is 9.65. The van der Waals surface area contributed by atoms with Gasteiger partial charge in [0.25, 0.3) is 11.8 Å². The van der Waals surface area contributed by atoms with E-state index >= 15 is 0 Å². The molecular formula is C24H31N3O3. The predicted molar refractivity (Wildman–Crippen MR) is 119 cm³/mol. The summed E-state index contributed by atoms with van der Waals surface area (Å²) in [4.78, 5) is 28.8. The Hall–Kier alpha value is -3.02. The Morgan fingerprint density at radius 1 is 1.07 bits per heavy atom. The Labute approximate surface area is 178 Å². The zero-order valence-corrected chi connectivity index (χ0v) is 18.3. The molecule has 30 heavy (non-hydrogen) atoms. The maximum absolute atomic E-state index is 12.5. The first-order valence-electron chi connectivity index (χ1n) is 10.4. The third kappa shape index (κ3) is 5.53. The topological polar surface area (TPSA) is 61.9 Å². The third-order valence-corrected chi connectivity index (χ3v) is 5.51. The predicted octanol–water partition coefficient (Wildman–Crippen LogP) is 3.17. The number of amides is 2. The van der Waals surface area contributed by atoms with Gasteiger partial charge >= 0.3 is 0 Å². The molecule has 1 aliphatic heterocycles. The van der Waals surface area contributed by atoms with Crippen molar-refractivity contribution in [3.05, 3.63) is 59.2 Å². The molecule has 0 aromatic heterocycles. The summed E-state index contributed by atoms with van der Waals surface area (Å²) in [5.74, 6) is 0.665. The fourth-order valence-corrected chi connectivity index (χ4v) is 3.64. The molecule has 0 saturated carbocycles. The lowest BCUT2D eigenvalue weighted by Gasteiger charge is -2.32. The van der Waals surface area contributed by atoms with Gasteiger partial charge in [-0.1, -0.05) is 17.7 Å². The molecule has 0 aliphatic carbocycles. The summed E-state index contributed by atoms with van der Waals surface area (Å²) in [5.41, 5.74) is 3.91. The first-order chi connectivity index (χ1) is 14.3. The van der Waals surface area contributed by atoms with Gasteiger partial charge < -0.3 is 19.9 Å². The molecule has 2 aromatic carbocycles. The van der Waals surface area contributed by atoms with E-state index in [-0.39, 0.29) is 24.5 Å². The minimum absolute atomic E-state index is 0.0148. The van der Waals surface area contributed by atoms with Gasteiger partial charge in [-0.05, 0) is 62.6 Å². The van der Waals surface area contributed by atoms with Gasteiger partial charge in [0.05, 0.1) is 0 Å². The number of nitrogens with zero attached hydrogens (tertiary/aromatic N) is 2. The second-order valence-electron chi connectivity index (χ2n) is 8.13. The van der Waals surface area contributed by atoms with Crippen molar-refractivity contribution in [2.24, 2.45) is 0 Å². The van der Waals surface area contributed by atoms with Crippen LogP contribution < -0.4 is 15.0 Å². The maximum atomic E-state index is 12.5. The van der Waals surface area contributed by atoms with Crippen molar-refractivity contribution < 1.29 is 14.3 Å². The number of piperidine rings is 1. The summed E-state index contributed by atoms with van der Waals surface area (Å²) >= 11 is 0. The van der Waals surface area contributed by atoms with E-state index in [0.717, 1.165) is 29.8 Å². The lowest BCUT2D eigenvalue weighted by Crippen LogP contribution is -2.47. The highest BCUT2D eigenvalue weighted by molar-refractivity contribution is 5.94. The SMILES string of the molecule is Cc1ccc(OCC(=O)N2CCC(NC(=O)c3ccc(N(C)C)cc3)CC2)c(C)c1. The van der Waals surface area contributed by atoms with E-state index in [1.165, 1.54) is 5.56 Å². The van der Waals surface area contributed by atoms with Gasteiger partial charge in [-0.25, -0.2) is 0 Å². The number of likely N-dealkylation sites (tertiary alicyclic amines) is 1. The summed E-state index contributed by atoms with van der Waals surface area (Å²) in [6, 6.07) is 13.6. The van der Waals surface area contributed by atoms with Crippen LogP contribution >= 0.6 is 0 Å². The van der Waals surface area contributed by atoms with E-state index < -0.39 is 0 Å². The Morgan fingerprint density at radius 2 is 1.73 bits per heavy atom. The standard InChI is InChI=1S/C24H31N3O3/c1-17-5-10-22(18(2)15-17)30-16-23(28)27-13-11-20(12-14-27)25-24(29)19-6-8-21(9-7-19)26(3)4/h5-10,15,20H,11-14,16H2,1-4H3,(H,25,29). The highest BCUT2D eigenvalue weighted by Crippen LogP contribution is 2.19. The highest BCUT2D eigenvalue weighted by Gasteiger charge is 2.24. The minimum Gasteiger partial charge on any atom is -0.484 e. The fraction of sp³-hybridized carbons (Fsp3) is 0.417. The van der Waals surface area contributed by atoms with E-state index in [9.17, 15) is 9.59 Å². The van der Waals surface area contributed by atoms with Gasteiger partial charge in [-0.3, -0.25) is 9.59 Å². The molecule has 0 unspecified atom stereocenters. The lowest BCUT2D eigenvalue weighted by molar-refractivity contribution is -0.134. The molecule has 1 N–H and O–H groups in total. The molecule has 3 rings (SSSR count). The van der Waals surface area contributed by atoms with Crippen LogP contribution in [0.2, 0.25) is 0 Å². The van der Waals surface area contributed by atoms with Crippen molar-refractivity contribution in [2.45, 2.75) is 32.7 Å². The molecule has 0 atom stereocenters. The van der Waals surface area contributed by atoms with Crippen LogP contribution in [0.5, 0.6) is 5.75 Å². The maximum Gasteiger partial charge on any atom is 0.260 e. The number of hydrogen-bond donors (Lipinski definition) is 1. The van der Waals surface area contributed by atoms with Crippen LogP contribution in [0, 0.1) is 13.8 Å². The molecular weight excluding hydrogens is 378 g/mol. The average molecular weight is 410 g/mol. The summed E-state index contributed by atoms with van der Waals surface area (Å²) in [7, 11) is 3.94. The smallest absolute Gasteiger partial charge is 0.260 e. The Bertz CT molecular complexity index is 885. The van der Waals surface area contributed by atoms with Gasteiger partial charge in [0.1, 0.15) is 5.75 Å². The van der Waals surface area contributed by atoms with Crippen molar-refractivity contribution in [1.82, 2.24) is 10.2 Å². The van der Waals surface area contributed by atoms with Gasteiger partial charge in [-0.2, -0.15) is 0 Å². The van der Waals surface area contributed by atoms with Gasteiger partial charge in [0.2, 0.25) is 0 Å². The number of carbonyl (C=O) groups is 2. The van der Waals surface area contributed by atoms with Crippen LogP contribution in [-0.4, -0.2) is 56.5 Å². The van der Waals surface area contributed by atoms with E-state index in [4.69, 9.17) is 4.74 Å². The van der Waals surface area contributed by atoms with Crippen molar-refractivity contribution in [1.29, 1.82) is 0 Å². The number of nitrogens with one attached hydrogen (secondary N) is 1. The quantitative estimate of drug-likeness (QED) is 0.796. The normalized spacial score (nSPS) is 14.3. The van der Waals surface area contributed by atoms with Gasteiger partial charge in [-0.15, -0.1) is 0 Å². The molecule has 0 spiro atoms. The number of anilines is 1. The van der Waals surface area contributed by atoms with E-state index in [1.54, 1.807) is 0 Å². The first-order valence-corrected chi connectivity index (χ1v) is 10.4. The fourth-order valence-electron chi connectivity index (χ4n) is 3.64. The number of hydrogen-bond acceptors (Lipinski definition) is 4. The molecule has 6 heteroatoms. The van der Waals surface area contributed by atoms with E-state index in [2.05, 4.69) is 5.32 Å². The van der Waals surface area contributed by atoms with Crippen molar-refractivity contribution in [3.63, 3.8) is 0 Å². The lowest BCUT2D eigenvalue weighted by atomic mass is 10.0. The van der Waals surface area contributed by atoms with Gasteiger partial charge in [0.15, 0.2) is 6.61 Å². The molecule has 6 nitrogen and oxygen atoms in total. The van der Waals surface area contributed by atoms with Crippen molar-refractivity contribution >= 4 is 17.5 Å². The number of benzene rings is 2. The average Bonchev–Trinajstić information content (AvgIpc) is 2.73. The Kier molecular flexibility index (Phi) is 6.98. The van der Waals surface area contributed by atoms with Crippen molar-refractivity contribution in [3.8, 4) is 5.75 Å². The Morgan fingerprint density at radius 3 is 2.33 bits per heavy atom. The number of ether oxygens (including phenoxy) is 1. The number of aryl methyl sites for hydroxylation is 2. The molecule has 2 amide bonds. The molecule has 1 saturated heterocycles. The third-order valence-electron chi connectivity index (χ3n) is 5.51. The molecule has 2 aromatic rings. The minimum atomic E-state index is -0.0664. The molecule has 1 heterocycles. The van der Waals surface area contributed by atoms with Crippen LogP contribution in [0.25, 0.3) is 0 Å². The molecule has 160 valence electrons. The second-order valence-corrected chi connectivity index (χ2v) is 8.13. The molecule has 0 radical (unpaired) electrons. The zero-order chi connectivity index (χ0) is 21.7. The molecule has 0 bridgehead atoms. The summed E-state index contributed by atoms with van der Waals surface area (Å²) in [6.07, 6.45) is 1.49. The van der Waals surface area contributed by atoms with Crippen LogP contribution in [0.15, 0.2) is 42.5 Å². The zero-order valence-electron chi connectivity index (χ0n) is 18.3. The monoisotopic (exact) mass is 409 g/mol. The van der Waals surface area contributed by atoms with Crippen LogP contribution in [0.1, 0.15) is 34.3 Å². The molecule has 1 aliphatic rings. The van der Waals surface area contributed by atoms with Gasteiger partial charge in [0, 0.05) is 44.5 Å². The Balaban J connectivity index is 1.44. The number of rotatable bonds is 6. The summed E-state index contributed by atoms with van der Waals surface area (Å²) < 4.78 is 5.72. The van der Waals surface area contributed by atoms with E-state index in [0.29, 0.717) is 18.7 Å². The first kappa shape index (κ1) is 21.7. The summed E-state index contributed by atoms with van der Waals surface area (Å²) in [6.45, 7) is 5.30.